The van der Waals surface area contributed by atoms with Crippen LogP contribution in [0.4, 0.5) is 14.5 Å². The first kappa shape index (κ1) is 22.8. The molecule has 0 aliphatic carbocycles. The molecule has 1 atom stereocenters. The molecule has 0 unspecified atom stereocenters. The fourth-order valence-electron chi connectivity index (χ4n) is 2.43. The van der Waals surface area contributed by atoms with Crippen LogP contribution in [0.25, 0.3) is 0 Å². The summed E-state index contributed by atoms with van der Waals surface area (Å²) in [6, 6.07) is 10.8. The molecule has 2 aromatic carbocycles. The first-order valence-electron chi connectivity index (χ1n) is 9.07. The Morgan fingerprint density at radius 2 is 1.73 bits per heavy atom. The first-order valence-corrected chi connectivity index (χ1v) is 9.07. The van der Waals surface area contributed by atoms with Crippen LogP contribution >= 0.6 is 0 Å². The van der Waals surface area contributed by atoms with E-state index in [9.17, 15) is 23.2 Å². The summed E-state index contributed by atoms with van der Waals surface area (Å²) >= 11 is 0. The lowest BCUT2D eigenvalue weighted by Gasteiger charge is -2.16. The van der Waals surface area contributed by atoms with Gasteiger partial charge in [-0.05, 0) is 56.2 Å². The van der Waals surface area contributed by atoms with Gasteiger partial charge < -0.3 is 20.1 Å². The molecule has 0 bridgehead atoms. The van der Waals surface area contributed by atoms with Crippen molar-refractivity contribution in [3.05, 3.63) is 59.2 Å². The Hall–Kier alpha value is -3.49. The van der Waals surface area contributed by atoms with Crippen molar-refractivity contribution >= 4 is 23.5 Å². The van der Waals surface area contributed by atoms with E-state index in [1.165, 1.54) is 31.2 Å². The molecule has 0 aromatic heterocycles. The van der Waals surface area contributed by atoms with Crippen LogP contribution in [0.5, 0.6) is 5.75 Å². The average Bonchev–Trinajstić information content (AvgIpc) is 2.69. The predicted molar refractivity (Wildman–Crippen MR) is 106 cm³/mol. The maximum absolute atomic E-state index is 12.4. The highest BCUT2D eigenvalue weighted by Crippen LogP contribution is 2.25. The van der Waals surface area contributed by atoms with Gasteiger partial charge >= 0.3 is 12.6 Å². The van der Waals surface area contributed by atoms with Gasteiger partial charge in [0.25, 0.3) is 11.8 Å². The van der Waals surface area contributed by atoms with E-state index in [1.54, 1.807) is 18.2 Å². The van der Waals surface area contributed by atoms with Crippen LogP contribution in [0.2, 0.25) is 0 Å². The molecule has 0 aliphatic heterocycles. The lowest BCUT2D eigenvalue weighted by molar-refractivity contribution is -0.152. The summed E-state index contributed by atoms with van der Waals surface area (Å²) in [5.41, 5.74) is 2.37. The Morgan fingerprint density at radius 1 is 1.03 bits per heavy atom. The number of para-hydroxylation sites is 2. The number of benzene rings is 2. The van der Waals surface area contributed by atoms with Gasteiger partial charge in [0.2, 0.25) is 0 Å². The van der Waals surface area contributed by atoms with Crippen molar-refractivity contribution in [3.8, 4) is 5.75 Å². The predicted octanol–water partition coefficient (Wildman–Crippen LogP) is 3.21. The second kappa shape index (κ2) is 10.3. The number of ether oxygens (including phenoxy) is 2. The minimum atomic E-state index is -3.06. The normalized spacial score (nSPS) is 11.5. The largest absolute Gasteiger partial charge is 0.451 e. The number of aryl methyl sites for hydroxylation is 2. The standard InChI is InChI=1S/C21H22F2N2O5/c1-12-8-9-15(10-13(12)2)20(28)24-11-18(26)29-14(3)19(27)25-16-6-4-5-7-17(16)30-21(22)23/h4-10,14,21H,11H2,1-3H3,(H,24,28)(H,25,27)/t14-/m1/s1. The molecule has 0 saturated carbocycles. The number of hydrogen-bond acceptors (Lipinski definition) is 5. The molecule has 0 radical (unpaired) electrons. The molecular formula is C21H22F2N2O5. The van der Waals surface area contributed by atoms with Gasteiger partial charge in [-0.2, -0.15) is 8.78 Å². The molecule has 2 aromatic rings. The van der Waals surface area contributed by atoms with Crippen LogP contribution in [0.15, 0.2) is 42.5 Å². The van der Waals surface area contributed by atoms with Crippen LogP contribution in [-0.4, -0.2) is 37.0 Å². The van der Waals surface area contributed by atoms with Crippen LogP contribution in [-0.2, 0) is 14.3 Å². The molecule has 7 nitrogen and oxygen atoms in total. The lowest BCUT2D eigenvalue weighted by atomic mass is 10.1. The summed E-state index contributed by atoms with van der Waals surface area (Å²) in [6.45, 7) is 1.60. The number of rotatable bonds is 8. The zero-order chi connectivity index (χ0) is 22.3. The monoisotopic (exact) mass is 420 g/mol. The number of alkyl halides is 2. The van der Waals surface area contributed by atoms with E-state index in [1.807, 2.05) is 13.8 Å². The summed E-state index contributed by atoms with van der Waals surface area (Å²) in [7, 11) is 0. The number of amides is 2. The van der Waals surface area contributed by atoms with Gasteiger partial charge in [0.05, 0.1) is 5.69 Å². The van der Waals surface area contributed by atoms with Gasteiger partial charge in [0, 0.05) is 5.56 Å². The van der Waals surface area contributed by atoms with E-state index in [0.717, 1.165) is 11.1 Å². The SMILES string of the molecule is Cc1ccc(C(=O)NCC(=O)O[C@H](C)C(=O)Nc2ccccc2OC(F)F)cc1C. The van der Waals surface area contributed by atoms with Gasteiger partial charge in [-0.3, -0.25) is 14.4 Å². The van der Waals surface area contributed by atoms with Crippen molar-refractivity contribution in [3.63, 3.8) is 0 Å². The second-order valence-corrected chi connectivity index (χ2v) is 6.48. The molecule has 9 heteroatoms. The summed E-state index contributed by atoms with van der Waals surface area (Å²) in [4.78, 5) is 36.3. The van der Waals surface area contributed by atoms with Crippen molar-refractivity contribution in [2.45, 2.75) is 33.5 Å². The van der Waals surface area contributed by atoms with Crippen molar-refractivity contribution in [1.82, 2.24) is 5.32 Å². The van der Waals surface area contributed by atoms with E-state index in [-0.39, 0.29) is 11.4 Å². The number of anilines is 1. The topological polar surface area (TPSA) is 93.7 Å². The van der Waals surface area contributed by atoms with Crippen molar-refractivity contribution in [1.29, 1.82) is 0 Å². The molecule has 0 spiro atoms. The Balaban J connectivity index is 1.87. The molecule has 0 fully saturated rings. The van der Waals surface area contributed by atoms with E-state index in [0.29, 0.717) is 5.56 Å². The zero-order valence-electron chi connectivity index (χ0n) is 16.7. The van der Waals surface area contributed by atoms with Crippen LogP contribution in [0, 0.1) is 13.8 Å². The second-order valence-electron chi connectivity index (χ2n) is 6.48. The summed E-state index contributed by atoms with van der Waals surface area (Å²) in [5.74, 6) is -2.24. The quantitative estimate of drug-likeness (QED) is 0.640. The number of halogens is 2. The van der Waals surface area contributed by atoms with Gasteiger partial charge in [-0.25, -0.2) is 0 Å². The van der Waals surface area contributed by atoms with Crippen molar-refractivity contribution < 1.29 is 32.6 Å². The Morgan fingerprint density at radius 3 is 2.40 bits per heavy atom. The Bertz CT molecular complexity index is 933. The maximum atomic E-state index is 12.4. The number of carbonyl (C=O) groups excluding carboxylic acids is 3. The van der Waals surface area contributed by atoms with Gasteiger partial charge in [-0.15, -0.1) is 0 Å². The van der Waals surface area contributed by atoms with Crippen LogP contribution in [0.1, 0.15) is 28.4 Å². The summed E-state index contributed by atoms with van der Waals surface area (Å²) in [6.07, 6.45) is -1.23. The molecule has 2 rings (SSSR count). The van der Waals surface area contributed by atoms with Gasteiger partial charge in [0.1, 0.15) is 12.3 Å². The van der Waals surface area contributed by atoms with E-state index < -0.39 is 37.0 Å². The number of hydrogen-bond donors (Lipinski definition) is 2. The highest BCUT2D eigenvalue weighted by atomic mass is 19.3. The molecule has 0 saturated heterocycles. The van der Waals surface area contributed by atoms with Gasteiger partial charge in [-0.1, -0.05) is 18.2 Å². The lowest BCUT2D eigenvalue weighted by Crippen LogP contribution is -2.36. The third-order valence-corrected chi connectivity index (χ3v) is 4.20. The summed E-state index contributed by atoms with van der Waals surface area (Å²) < 4.78 is 34.2. The summed E-state index contributed by atoms with van der Waals surface area (Å²) in [5, 5.41) is 4.78. The minimum absolute atomic E-state index is 0.00810. The highest BCUT2D eigenvalue weighted by Gasteiger charge is 2.20. The third kappa shape index (κ3) is 6.54. The van der Waals surface area contributed by atoms with E-state index in [4.69, 9.17) is 4.74 Å². The molecule has 2 N–H and O–H groups in total. The average molecular weight is 420 g/mol. The number of nitrogens with one attached hydrogen (secondary N) is 2. The third-order valence-electron chi connectivity index (χ3n) is 4.20. The van der Waals surface area contributed by atoms with Crippen molar-refractivity contribution in [2.24, 2.45) is 0 Å². The number of esters is 1. The van der Waals surface area contributed by atoms with Crippen LogP contribution in [0.3, 0.4) is 0 Å². The molecule has 0 aliphatic rings. The molecule has 2 amide bonds. The van der Waals surface area contributed by atoms with Gasteiger partial charge in [0.15, 0.2) is 6.10 Å². The van der Waals surface area contributed by atoms with Crippen molar-refractivity contribution in [2.75, 3.05) is 11.9 Å². The highest BCUT2D eigenvalue weighted by molar-refractivity contribution is 5.98. The minimum Gasteiger partial charge on any atom is -0.451 e. The zero-order valence-corrected chi connectivity index (χ0v) is 16.7. The molecule has 30 heavy (non-hydrogen) atoms. The Labute approximate surface area is 172 Å². The molecule has 0 heterocycles. The molecule has 160 valence electrons. The molecular weight excluding hydrogens is 398 g/mol. The Kier molecular flexibility index (Phi) is 7.85. The first-order chi connectivity index (χ1) is 14.2. The van der Waals surface area contributed by atoms with E-state index >= 15 is 0 Å². The van der Waals surface area contributed by atoms with E-state index in [2.05, 4.69) is 15.4 Å². The maximum Gasteiger partial charge on any atom is 0.387 e. The smallest absolute Gasteiger partial charge is 0.387 e. The fourth-order valence-corrected chi connectivity index (χ4v) is 2.43. The fraction of sp³-hybridized carbons (Fsp3) is 0.286. The van der Waals surface area contributed by atoms with Crippen LogP contribution < -0.4 is 15.4 Å². The number of carbonyl (C=O) groups is 3.